The van der Waals surface area contributed by atoms with Crippen LogP contribution in [0.4, 0.5) is 0 Å². The second kappa shape index (κ2) is 8.97. The smallest absolute Gasteiger partial charge is 0.0674 e. The summed E-state index contributed by atoms with van der Waals surface area (Å²) in [4.78, 5) is 2.18. The Labute approximate surface area is 145 Å². The fraction of sp³-hybridized carbons (Fsp3) is 0.526. The maximum Gasteiger partial charge on any atom is 0.0674 e. The van der Waals surface area contributed by atoms with E-state index in [0.717, 1.165) is 31.9 Å². The van der Waals surface area contributed by atoms with Crippen molar-refractivity contribution in [3.05, 3.63) is 41.2 Å². The molecule has 0 aliphatic carbocycles. The molecule has 0 amide bonds. The van der Waals surface area contributed by atoms with Crippen LogP contribution in [0.3, 0.4) is 0 Å². The van der Waals surface area contributed by atoms with Crippen molar-refractivity contribution in [2.24, 2.45) is 0 Å². The van der Waals surface area contributed by atoms with Crippen LogP contribution in [0.2, 0.25) is 0 Å². The van der Waals surface area contributed by atoms with Gasteiger partial charge in [0, 0.05) is 38.0 Å². The normalized spacial score (nSPS) is 11.4. The van der Waals surface area contributed by atoms with Gasteiger partial charge in [0.1, 0.15) is 0 Å². The predicted molar refractivity (Wildman–Crippen MR) is 99.3 cm³/mol. The Hall–Kier alpha value is -1.69. The van der Waals surface area contributed by atoms with E-state index in [9.17, 15) is 0 Å². The number of aryl methyl sites for hydroxylation is 1. The Bertz CT molecular complexity index is 632. The van der Waals surface area contributed by atoms with Gasteiger partial charge in [-0.1, -0.05) is 24.3 Å². The van der Waals surface area contributed by atoms with Crippen molar-refractivity contribution in [3.63, 3.8) is 0 Å². The van der Waals surface area contributed by atoms with E-state index in [2.05, 4.69) is 67.5 Å². The van der Waals surface area contributed by atoms with Crippen molar-refractivity contribution in [1.82, 2.24) is 20.0 Å². The van der Waals surface area contributed by atoms with Gasteiger partial charge in [0.15, 0.2) is 0 Å². The summed E-state index contributed by atoms with van der Waals surface area (Å²) in [5.41, 5.74) is 6.03. The van der Waals surface area contributed by atoms with Gasteiger partial charge < -0.3 is 15.0 Å². The van der Waals surface area contributed by atoms with Gasteiger partial charge in [-0.25, -0.2) is 0 Å². The number of aromatic nitrogens is 2. The molecule has 2 rings (SSSR count). The molecule has 0 aliphatic heterocycles. The van der Waals surface area contributed by atoms with Gasteiger partial charge in [-0.3, -0.25) is 4.68 Å². The average Bonchev–Trinajstić information content (AvgIpc) is 2.84. The summed E-state index contributed by atoms with van der Waals surface area (Å²) in [5, 5.41) is 8.11. The quantitative estimate of drug-likeness (QED) is 0.717. The third kappa shape index (κ3) is 4.90. The highest BCUT2D eigenvalue weighted by Crippen LogP contribution is 2.27. The van der Waals surface area contributed by atoms with Crippen LogP contribution in [0.1, 0.15) is 17.0 Å². The SMILES string of the molecule is COCCn1nc(C)c(-c2ccc(CNCCN(C)C)cc2)c1C. The number of ether oxygens (including phenoxy) is 1. The molecule has 0 atom stereocenters. The molecule has 0 fully saturated rings. The van der Waals surface area contributed by atoms with E-state index >= 15 is 0 Å². The zero-order valence-electron chi connectivity index (χ0n) is 15.6. The van der Waals surface area contributed by atoms with Gasteiger partial charge >= 0.3 is 0 Å². The van der Waals surface area contributed by atoms with Crippen LogP contribution in [-0.4, -0.2) is 55.6 Å². The molecule has 0 radical (unpaired) electrons. The molecule has 0 spiro atoms. The molecule has 5 heteroatoms. The van der Waals surface area contributed by atoms with Crippen LogP contribution in [0, 0.1) is 13.8 Å². The Kier molecular flexibility index (Phi) is 6.97. The number of likely N-dealkylation sites (N-methyl/N-ethyl adjacent to an activating group) is 1. The van der Waals surface area contributed by atoms with E-state index < -0.39 is 0 Å². The number of nitrogens with zero attached hydrogens (tertiary/aromatic N) is 3. The van der Waals surface area contributed by atoms with E-state index in [-0.39, 0.29) is 0 Å². The second-order valence-electron chi connectivity index (χ2n) is 6.44. The summed E-state index contributed by atoms with van der Waals surface area (Å²) in [7, 11) is 5.90. The lowest BCUT2D eigenvalue weighted by Gasteiger charge is -2.11. The Morgan fingerprint density at radius 1 is 1.17 bits per heavy atom. The molecular formula is C19H30N4O. The lowest BCUT2D eigenvalue weighted by atomic mass is 10.0. The van der Waals surface area contributed by atoms with E-state index in [4.69, 9.17) is 4.74 Å². The molecule has 5 nitrogen and oxygen atoms in total. The highest BCUT2D eigenvalue weighted by molar-refractivity contribution is 5.68. The van der Waals surface area contributed by atoms with Crippen molar-refractivity contribution in [1.29, 1.82) is 0 Å². The number of methoxy groups -OCH3 is 1. The molecule has 0 saturated heterocycles. The summed E-state index contributed by atoms with van der Waals surface area (Å²) < 4.78 is 7.19. The van der Waals surface area contributed by atoms with Crippen LogP contribution >= 0.6 is 0 Å². The lowest BCUT2D eigenvalue weighted by Crippen LogP contribution is -2.26. The van der Waals surface area contributed by atoms with E-state index in [1.807, 2.05) is 4.68 Å². The van der Waals surface area contributed by atoms with E-state index in [1.54, 1.807) is 7.11 Å². The largest absolute Gasteiger partial charge is 0.383 e. The first-order chi connectivity index (χ1) is 11.5. The predicted octanol–water partition coefficient (Wildman–Crippen LogP) is 2.46. The third-order valence-corrected chi connectivity index (χ3v) is 4.20. The molecule has 0 aliphatic rings. The zero-order valence-corrected chi connectivity index (χ0v) is 15.6. The average molecular weight is 330 g/mol. The minimum absolute atomic E-state index is 0.680. The van der Waals surface area contributed by atoms with Crippen LogP contribution in [0.15, 0.2) is 24.3 Å². The fourth-order valence-electron chi connectivity index (χ4n) is 2.83. The minimum atomic E-state index is 0.680. The molecule has 0 bridgehead atoms. The molecular weight excluding hydrogens is 300 g/mol. The molecule has 1 N–H and O–H groups in total. The second-order valence-corrected chi connectivity index (χ2v) is 6.44. The van der Waals surface area contributed by atoms with Crippen molar-refractivity contribution in [2.75, 3.05) is 40.9 Å². The molecule has 0 unspecified atom stereocenters. The Morgan fingerprint density at radius 2 is 1.88 bits per heavy atom. The lowest BCUT2D eigenvalue weighted by molar-refractivity contribution is 0.182. The highest BCUT2D eigenvalue weighted by atomic mass is 16.5. The van der Waals surface area contributed by atoms with Gasteiger partial charge in [-0.2, -0.15) is 5.10 Å². The van der Waals surface area contributed by atoms with Crippen LogP contribution in [0.25, 0.3) is 11.1 Å². The molecule has 1 heterocycles. The maximum atomic E-state index is 5.16. The standard InChI is InChI=1S/C19H30N4O/c1-15-19(16(2)23(21-15)12-13-24-5)18-8-6-17(7-9-18)14-20-10-11-22(3)4/h6-9,20H,10-14H2,1-5H3. The van der Waals surface area contributed by atoms with Crippen LogP contribution in [-0.2, 0) is 17.8 Å². The highest BCUT2D eigenvalue weighted by Gasteiger charge is 2.13. The maximum absolute atomic E-state index is 5.16. The number of nitrogens with one attached hydrogen (secondary N) is 1. The topological polar surface area (TPSA) is 42.3 Å². The van der Waals surface area contributed by atoms with E-state index in [1.165, 1.54) is 22.4 Å². The number of hydrogen-bond acceptors (Lipinski definition) is 4. The van der Waals surface area contributed by atoms with Crippen molar-refractivity contribution in [3.8, 4) is 11.1 Å². The molecule has 0 saturated carbocycles. The monoisotopic (exact) mass is 330 g/mol. The molecule has 132 valence electrons. The van der Waals surface area contributed by atoms with Gasteiger partial charge in [-0.05, 0) is 39.1 Å². The summed E-state index contributed by atoms with van der Waals surface area (Å²) in [6.07, 6.45) is 0. The van der Waals surface area contributed by atoms with Gasteiger partial charge in [0.2, 0.25) is 0 Å². The Balaban J connectivity index is 2.04. The van der Waals surface area contributed by atoms with Gasteiger partial charge in [-0.15, -0.1) is 0 Å². The summed E-state index contributed by atoms with van der Waals surface area (Å²) in [6, 6.07) is 8.79. The van der Waals surface area contributed by atoms with Crippen molar-refractivity contribution >= 4 is 0 Å². The summed E-state index contributed by atoms with van der Waals surface area (Å²) >= 11 is 0. The first-order valence-electron chi connectivity index (χ1n) is 8.50. The summed E-state index contributed by atoms with van der Waals surface area (Å²) in [6.45, 7) is 8.62. The first-order valence-corrected chi connectivity index (χ1v) is 8.50. The fourth-order valence-corrected chi connectivity index (χ4v) is 2.83. The molecule has 1 aromatic carbocycles. The number of benzene rings is 1. The number of hydrogen-bond donors (Lipinski definition) is 1. The summed E-state index contributed by atoms with van der Waals surface area (Å²) in [5.74, 6) is 0. The van der Waals surface area contributed by atoms with E-state index in [0.29, 0.717) is 6.61 Å². The van der Waals surface area contributed by atoms with Gasteiger partial charge in [0.25, 0.3) is 0 Å². The minimum Gasteiger partial charge on any atom is -0.383 e. The molecule has 2 aromatic rings. The van der Waals surface area contributed by atoms with Crippen LogP contribution in [0.5, 0.6) is 0 Å². The van der Waals surface area contributed by atoms with Gasteiger partial charge in [0.05, 0.1) is 18.8 Å². The molecule has 24 heavy (non-hydrogen) atoms. The Morgan fingerprint density at radius 3 is 2.50 bits per heavy atom. The first kappa shape index (κ1) is 18.6. The zero-order chi connectivity index (χ0) is 17.5. The van der Waals surface area contributed by atoms with Crippen molar-refractivity contribution in [2.45, 2.75) is 26.9 Å². The number of rotatable bonds is 9. The molecule has 1 aromatic heterocycles. The van der Waals surface area contributed by atoms with Crippen LogP contribution < -0.4 is 5.32 Å². The third-order valence-electron chi connectivity index (χ3n) is 4.20. The van der Waals surface area contributed by atoms with Crippen molar-refractivity contribution < 1.29 is 4.74 Å².